The lowest BCUT2D eigenvalue weighted by molar-refractivity contribution is -0.124. The molecule has 110 valence electrons. The molecule has 1 amide bonds. The monoisotopic (exact) mass is 277 g/mol. The summed E-state index contributed by atoms with van der Waals surface area (Å²) in [5.74, 6) is 0.697. The van der Waals surface area contributed by atoms with Gasteiger partial charge in [-0.25, -0.2) is 0 Å². The molecule has 1 N–H and O–H groups in total. The Bertz CT molecular complexity index is 458. The maximum atomic E-state index is 11.6. The molecule has 0 atom stereocenters. The molecule has 0 aromatic heterocycles. The second kappa shape index (κ2) is 7.08. The summed E-state index contributed by atoms with van der Waals surface area (Å²) in [5.41, 5.74) is 0.837. The van der Waals surface area contributed by atoms with Gasteiger partial charge in [0.2, 0.25) is 0 Å². The van der Waals surface area contributed by atoms with E-state index in [1.165, 1.54) is 0 Å². The van der Waals surface area contributed by atoms with E-state index in [2.05, 4.69) is 5.32 Å². The summed E-state index contributed by atoms with van der Waals surface area (Å²) in [6.07, 6.45) is 1.29. The fourth-order valence-electron chi connectivity index (χ4n) is 1.68. The van der Waals surface area contributed by atoms with Gasteiger partial charge in [0.05, 0.1) is 0 Å². The number of amides is 1. The molecule has 4 nitrogen and oxygen atoms in total. The number of hydrogen-bond acceptors (Lipinski definition) is 3. The van der Waals surface area contributed by atoms with E-state index in [9.17, 15) is 9.59 Å². The molecule has 0 heterocycles. The average Bonchev–Trinajstić information content (AvgIpc) is 2.33. The van der Waals surface area contributed by atoms with Crippen LogP contribution in [-0.2, 0) is 16.0 Å². The quantitative estimate of drug-likeness (QED) is 0.869. The predicted octanol–water partition coefficient (Wildman–Crippen LogP) is 2.50. The Morgan fingerprint density at radius 2 is 1.75 bits per heavy atom. The lowest BCUT2D eigenvalue weighted by Crippen LogP contribution is -2.43. The molecular formula is C16H23NO3. The Hall–Kier alpha value is -1.84. The number of carbonyl (C=O) groups is 2. The second-order valence-electron chi connectivity index (χ2n) is 5.93. The molecule has 1 rings (SSSR count). The van der Waals surface area contributed by atoms with Gasteiger partial charge in [0.1, 0.15) is 11.5 Å². The molecule has 0 aliphatic heterocycles. The molecule has 4 heteroatoms. The van der Waals surface area contributed by atoms with Gasteiger partial charge < -0.3 is 14.8 Å². The van der Waals surface area contributed by atoms with E-state index in [4.69, 9.17) is 4.74 Å². The zero-order valence-corrected chi connectivity index (χ0v) is 12.7. The van der Waals surface area contributed by atoms with E-state index in [0.717, 1.165) is 12.0 Å². The van der Waals surface area contributed by atoms with Crippen molar-refractivity contribution >= 4 is 11.7 Å². The van der Waals surface area contributed by atoms with Crippen LogP contribution in [0.3, 0.4) is 0 Å². The van der Waals surface area contributed by atoms with E-state index in [1.807, 2.05) is 45.0 Å². The van der Waals surface area contributed by atoms with E-state index < -0.39 is 0 Å². The van der Waals surface area contributed by atoms with Crippen LogP contribution in [0.2, 0.25) is 0 Å². The van der Waals surface area contributed by atoms with Crippen molar-refractivity contribution in [3.8, 4) is 5.75 Å². The van der Waals surface area contributed by atoms with E-state index in [1.54, 1.807) is 6.92 Å². The number of nitrogens with one attached hydrogen (secondary N) is 1. The number of rotatable bonds is 6. The van der Waals surface area contributed by atoms with Gasteiger partial charge in [0, 0.05) is 12.0 Å². The summed E-state index contributed by atoms with van der Waals surface area (Å²) in [7, 11) is 0. The molecule has 1 aromatic carbocycles. The van der Waals surface area contributed by atoms with Gasteiger partial charge in [0.15, 0.2) is 6.61 Å². The fourth-order valence-corrected chi connectivity index (χ4v) is 1.68. The number of Topliss-reactive ketones (excluding diaryl/α,β-unsaturated/α-hetero) is 1. The molecule has 0 saturated heterocycles. The molecule has 0 spiro atoms. The maximum Gasteiger partial charge on any atom is 0.258 e. The molecule has 0 bridgehead atoms. The molecule has 0 aliphatic carbocycles. The van der Waals surface area contributed by atoms with Gasteiger partial charge in [0.25, 0.3) is 5.91 Å². The van der Waals surface area contributed by atoms with E-state index >= 15 is 0 Å². The number of ether oxygens (including phenoxy) is 1. The van der Waals surface area contributed by atoms with Crippen LogP contribution in [0.4, 0.5) is 0 Å². The molecule has 0 aliphatic rings. The first-order chi connectivity index (χ1) is 9.26. The van der Waals surface area contributed by atoms with Gasteiger partial charge in [-0.05, 0) is 51.8 Å². The van der Waals surface area contributed by atoms with Crippen molar-refractivity contribution in [2.45, 2.75) is 46.1 Å². The van der Waals surface area contributed by atoms with Crippen molar-refractivity contribution in [3.05, 3.63) is 29.8 Å². The first-order valence-electron chi connectivity index (χ1n) is 6.78. The summed E-state index contributed by atoms with van der Waals surface area (Å²) in [6.45, 7) is 7.37. The highest BCUT2D eigenvalue weighted by molar-refractivity contribution is 5.78. The number of benzene rings is 1. The largest absolute Gasteiger partial charge is 0.484 e. The van der Waals surface area contributed by atoms with Crippen molar-refractivity contribution in [1.29, 1.82) is 0 Å². The highest BCUT2D eigenvalue weighted by Crippen LogP contribution is 2.13. The van der Waals surface area contributed by atoms with Crippen LogP contribution in [0.25, 0.3) is 0 Å². The van der Waals surface area contributed by atoms with Gasteiger partial charge in [-0.2, -0.15) is 0 Å². The van der Waals surface area contributed by atoms with Crippen LogP contribution >= 0.6 is 0 Å². The van der Waals surface area contributed by atoms with Crippen LogP contribution in [0, 0.1) is 0 Å². The molecule has 0 saturated carbocycles. The van der Waals surface area contributed by atoms with Crippen molar-refractivity contribution in [2.75, 3.05) is 6.61 Å². The van der Waals surface area contributed by atoms with E-state index in [-0.39, 0.29) is 23.8 Å². The Kier molecular flexibility index (Phi) is 5.74. The third-order valence-corrected chi connectivity index (χ3v) is 2.57. The molecular weight excluding hydrogens is 254 g/mol. The van der Waals surface area contributed by atoms with Crippen LogP contribution in [0.15, 0.2) is 24.3 Å². The number of hydrogen-bond donors (Lipinski definition) is 1. The summed E-state index contributed by atoms with van der Waals surface area (Å²) in [6, 6.07) is 7.47. The highest BCUT2D eigenvalue weighted by Gasteiger charge is 2.13. The topological polar surface area (TPSA) is 55.4 Å². The van der Waals surface area contributed by atoms with Crippen LogP contribution < -0.4 is 10.1 Å². The van der Waals surface area contributed by atoms with Crippen molar-refractivity contribution in [1.82, 2.24) is 5.32 Å². The summed E-state index contributed by atoms with van der Waals surface area (Å²) in [5, 5.41) is 2.83. The lowest BCUT2D eigenvalue weighted by Gasteiger charge is -2.20. The minimum atomic E-state index is -0.253. The second-order valence-corrected chi connectivity index (χ2v) is 5.93. The lowest BCUT2D eigenvalue weighted by atomic mass is 10.1. The number of carbonyl (C=O) groups excluding carboxylic acids is 2. The van der Waals surface area contributed by atoms with Gasteiger partial charge >= 0.3 is 0 Å². The molecule has 0 unspecified atom stereocenters. The SMILES string of the molecule is CC(=O)CCc1ccc(OCC(=O)NC(C)(C)C)cc1. The summed E-state index contributed by atoms with van der Waals surface area (Å²) >= 11 is 0. The molecule has 1 aromatic rings. The Labute approximate surface area is 120 Å². The number of aryl methyl sites for hydroxylation is 1. The number of ketones is 1. The van der Waals surface area contributed by atoms with Crippen molar-refractivity contribution < 1.29 is 14.3 Å². The first kappa shape index (κ1) is 16.2. The normalized spacial score (nSPS) is 11.0. The third-order valence-electron chi connectivity index (χ3n) is 2.57. The Morgan fingerprint density at radius 1 is 1.15 bits per heavy atom. The van der Waals surface area contributed by atoms with Gasteiger partial charge in [-0.3, -0.25) is 4.79 Å². The first-order valence-corrected chi connectivity index (χ1v) is 6.78. The van der Waals surface area contributed by atoms with Crippen molar-refractivity contribution in [3.63, 3.8) is 0 Å². The fraction of sp³-hybridized carbons (Fsp3) is 0.500. The summed E-state index contributed by atoms with van der Waals surface area (Å²) in [4.78, 5) is 22.5. The predicted molar refractivity (Wildman–Crippen MR) is 78.8 cm³/mol. The molecule has 20 heavy (non-hydrogen) atoms. The van der Waals surface area contributed by atoms with Gasteiger partial charge in [-0.15, -0.1) is 0 Å². The standard InChI is InChI=1S/C16H23NO3/c1-12(18)5-6-13-7-9-14(10-8-13)20-11-15(19)17-16(2,3)4/h7-10H,5-6,11H2,1-4H3,(H,17,19). The average molecular weight is 277 g/mol. The van der Waals surface area contributed by atoms with Crippen LogP contribution in [0.1, 0.15) is 39.7 Å². The van der Waals surface area contributed by atoms with Gasteiger partial charge in [-0.1, -0.05) is 12.1 Å². The minimum Gasteiger partial charge on any atom is -0.484 e. The Balaban J connectivity index is 2.42. The van der Waals surface area contributed by atoms with Crippen molar-refractivity contribution in [2.24, 2.45) is 0 Å². The smallest absolute Gasteiger partial charge is 0.258 e. The maximum absolute atomic E-state index is 11.6. The molecule has 0 radical (unpaired) electrons. The highest BCUT2D eigenvalue weighted by atomic mass is 16.5. The van der Waals surface area contributed by atoms with E-state index in [0.29, 0.717) is 12.2 Å². The zero-order chi connectivity index (χ0) is 15.2. The zero-order valence-electron chi connectivity index (χ0n) is 12.7. The summed E-state index contributed by atoms with van der Waals surface area (Å²) < 4.78 is 5.42. The third kappa shape index (κ3) is 6.92. The molecule has 0 fully saturated rings. The van der Waals surface area contributed by atoms with Crippen LogP contribution in [0.5, 0.6) is 5.75 Å². The van der Waals surface area contributed by atoms with Crippen LogP contribution in [-0.4, -0.2) is 23.8 Å². The minimum absolute atomic E-state index is 0.00403. The Morgan fingerprint density at radius 3 is 2.25 bits per heavy atom.